The van der Waals surface area contributed by atoms with Crippen molar-refractivity contribution in [2.75, 3.05) is 13.2 Å². The molecule has 2 rings (SSSR count). The van der Waals surface area contributed by atoms with Gasteiger partial charge in [0.1, 0.15) is 0 Å². The second kappa shape index (κ2) is 6.01. The number of benzene rings is 1. The fourth-order valence-corrected chi connectivity index (χ4v) is 2.16. The van der Waals surface area contributed by atoms with Crippen molar-refractivity contribution in [3.63, 3.8) is 0 Å². The Morgan fingerprint density at radius 3 is 2.83 bits per heavy atom. The van der Waals surface area contributed by atoms with E-state index >= 15 is 0 Å². The van der Waals surface area contributed by atoms with Crippen molar-refractivity contribution in [1.29, 1.82) is 0 Å². The van der Waals surface area contributed by atoms with Gasteiger partial charge in [0.25, 0.3) is 0 Å². The molecule has 2 atom stereocenters. The average molecular weight is 248 g/mol. The maximum Gasteiger partial charge on any atom is 0.0932 e. The average Bonchev–Trinajstić information content (AvgIpc) is 2.79. The highest BCUT2D eigenvalue weighted by Gasteiger charge is 2.09. The van der Waals surface area contributed by atoms with Crippen LogP contribution in [-0.4, -0.2) is 24.2 Å². The van der Waals surface area contributed by atoms with E-state index in [1.54, 1.807) is 0 Å². The Balaban J connectivity index is 1.96. The molecule has 0 spiro atoms. The number of rotatable bonds is 6. The summed E-state index contributed by atoms with van der Waals surface area (Å²) in [4.78, 5) is 3.28. The topological polar surface area (TPSA) is 27.8 Å². The van der Waals surface area contributed by atoms with E-state index in [2.05, 4.69) is 41.6 Å². The Morgan fingerprint density at radius 2 is 2.06 bits per heavy atom. The molecule has 0 saturated carbocycles. The zero-order valence-electron chi connectivity index (χ0n) is 11.0. The lowest BCUT2D eigenvalue weighted by Crippen LogP contribution is -2.32. The second-order valence-electron chi connectivity index (χ2n) is 5.13. The Kier molecular flexibility index (Phi) is 4.37. The van der Waals surface area contributed by atoms with Gasteiger partial charge in [-0.05, 0) is 30.9 Å². The van der Waals surface area contributed by atoms with E-state index in [1.165, 1.54) is 16.5 Å². The lowest BCUT2D eigenvalue weighted by Gasteiger charge is -2.15. The molecule has 0 unspecified atom stereocenters. The molecule has 0 radical (unpaired) electrons. The first-order valence-corrected chi connectivity index (χ1v) is 6.55. The summed E-state index contributed by atoms with van der Waals surface area (Å²) >= 11 is 0. The molecule has 3 heteroatoms. The third-order valence-corrected chi connectivity index (χ3v) is 3.28. The molecule has 0 aliphatic rings. The predicted molar refractivity (Wildman–Crippen MR) is 74.6 cm³/mol. The molecule has 0 bridgehead atoms. The molecule has 2 aromatic rings. The monoisotopic (exact) mass is 248 g/mol. The molecule has 0 aliphatic heterocycles. The van der Waals surface area contributed by atoms with E-state index in [4.69, 9.17) is 0 Å². The van der Waals surface area contributed by atoms with Crippen molar-refractivity contribution in [2.45, 2.75) is 26.3 Å². The fourth-order valence-electron chi connectivity index (χ4n) is 2.16. The smallest absolute Gasteiger partial charge is 0.0932 e. The molecule has 1 aromatic heterocycles. The number of nitrogens with one attached hydrogen (secondary N) is 2. The van der Waals surface area contributed by atoms with E-state index in [0.717, 1.165) is 13.0 Å². The first kappa shape index (κ1) is 13.1. The van der Waals surface area contributed by atoms with Crippen molar-refractivity contribution in [1.82, 2.24) is 10.3 Å². The predicted octanol–water partition coefficient (Wildman–Crippen LogP) is 3.29. The summed E-state index contributed by atoms with van der Waals surface area (Å²) in [6.07, 6.45) is 3.03. The van der Waals surface area contributed by atoms with Crippen LogP contribution in [0.3, 0.4) is 0 Å². The molecule has 0 saturated heterocycles. The van der Waals surface area contributed by atoms with E-state index in [1.807, 2.05) is 13.0 Å². The third kappa shape index (κ3) is 3.10. The molecule has 2 nitrogen and oxygen atoms in total. The van der Waals surface area contributed by atoms with Crippen molar-refractivity contribution >= 4 is 10.9 Å². The maximum atomic E-state index is 12.4. The van der Waals surface area contributed by atoms with Crippen LogP contribution >= 0.6 is 0 Å². The van der Waals surface area contributed by atoms with Gasteiger partial charge in [-0.15, -0.1) is 0 Å². The summed E-state index contributed by atoms with van der Waals surface area (Å²) in [5.41, 5.74) is 2.50. The first-order chi connectivity index (χ1) is 8.70. The van der Waals surface area contributed by atoms with Gasteiger partial charge in [-0.3, -0.25) is 4.39 Å². The second-order valence-corrected chi connectivity index (χ2v) is 5.13. The SMILES string of the molecule is C[C@H](CF)CN[C@H](C)Cc1c[nH]c2ccccc12. The number of aromatic amines is 1. The highest BCUT2D eigenvalue weighted by Crippen LogP contribution is 2.18. The quantitative estimate of drug-likeness (QED) is 0.806. The van der Waals surface area contributed by atoms with Gasteiger partial charge in [-0.1, -0.05) is 25.1 Å². The summed E-state index contributed by atoms with van der Waals surface area (Å²) in [5, 5.41) is 4.66. The number of H-pyrrole nitrogens is 1. The summed E-state index contributed by atoms with van der Waals surface area (Å²) in [6, 6.07) is 8.68. The summed E-state index contributed by atoms with van der Waals surface area (Å²) in [6.45, 7) is 4.55. The summed E-state index contributed by atoms with van der Waals surface area (Å²) in [5.74, 6) is 0.0930. The van der Waals surface area contributed by atoms with Crippen LogP contribution in [0.15, 0.2) is 30.5 Å². The number of halogens is 1. The number of hydrogen-bond acceptors (Lipinski definition) is 1. The minimum Gasteiger partial charge on any atom is -0.361 e. The standard InChI is InChI=1S/C15H21FN2/c1-11(8-16)9-17-12(2)7-13-10-18-15-6-4-3-5-14(13)15/h3-6,10-12,17-18H,7-9H2,1-2H3/t11-,12-/m1/s1. The van der Waals surface area contributed by atoms with E-state index < -0.39 is 0 Å². The molecular formula is C15H21FN2. The zero-order chi connectivity index (χ0) is 13.0. The highest BCUT2D eigenvalue weighted by atomic mass is 19.1. The van der Waals surface area contributed by atoms with E-state index in [-0.39, 0.29) is 12.6 Å². The van der Waals surface area contributed by atoms with E-state index in [9.17, 15) is 4.39 Å². The molecule has 1 heterocycles. The number of alkyl halides is 1. The maximum absolute atomic E-state index is 12.4. The van der Waals surface area contributed by atoms with Gasteiger partial charge < -0.3 is 10.3 Å². The molecule has 1 aromatic carbocycles. The van der Waals surface area contributed by atoms with E-state index in [0.29, 0.717) is 6.04 Å². The lowest BCUT2D eigenvalue weighted by atomic mass is 10.1. The molecule has 0 fully saturated rings. The zero-order valence-corrected chi connectivity index (χ0v) is 11.0. The van der Waals surface area contributed by atoms with Gasteiger partial charge >= 0.3 is 0 Å². The van der Waals surface area contributed by atoms with Crippen LogP contribution in [0, 0.1) is 5.92 Å². The Labute approximate surface area is 108 Å². The van der Waals surface area contributed by atoms with Crippen molar-refractivity contribution in [3.8, 4) is 0 Å². The van der Waals surface area contributed by atoms with Gasteiger partial charge in [0.15, 0.2) is 0 Å². The molecule has 2 N–H and O–H groups in total. The summed E-state index contributed by atoms with van der Waals surface area (Å²) in [7, 11) is 0. The largest absolute Gasteiger partial charge is 0.361 e. The van der Waals surface area contributed by atoms with Gasteiger partial charge in [0.05, 0.1) is 6.67 Å². The number of fused-ring (bicyclic) bond motifs is 1. The van der Waals surface area contributed by atoms with Crippen molar-refractivity contribution in [3.05, 3.63) is 36.0 Å². The van der Waals surface area contributed by atoms with Gasteiger partial charge in [-0.25, -0.2) is 0 Å². The Hall–Kier alpha value is -1.35. The van der Waals surface area contributed by atoms with Crippen LogP contribution in [-0.2, 0) is 6.42 Å². The lowest BCUT2D eigenvalue weighted by molar-refractivity contribution is 0.355. The summed E-state index contributed by atoms with van der Waals surface area (Å²) < 4.78 is 12.4. The molecule has 98 valence electrons. The van der Waals surface area contributed by atoms with Crippen LogP contribution < -0.4 is 5.32 Å². The van der Waals surface area contributed by atoms with Crippen LogP contribution in [0.4, 0.5) is 4.39 Å². The van der Waals surface area contributed by atoms with Crippen LogP contribution in [0.1, 0.15) is 19.4 Å². The van der Waals surface area contributed by atoms with Crippen LogP contribution in [0.5, 0.6) is 0 Å². The minimum absolute atomic E-state index is 0.0930. The number of aromatic nitrogens is 1. The van der Waals surface area contributed by atoms with Crippen molar-refractivity contribution < 1.29 is 4.39 Å². The third-order valence-electron chi connectivity index (χ3n) is 3.28. The highest BCUT2D eigenvalue weighted by molar-refractivity contribution is 5.83. The first-order valence-electron chi connectivity index (χ1n) is 6.55. The number of hydrogen-bond donors (Lipinski definition) is 2. The fraction of sp³-hybridized carbons (Fsp3) is 0.467. The Bertz CT molecular complexity index is 492. The molecule has 18 heavy (non-hydrogen) atoms. The minimum atomic E-state index is -0.257. The van der Waals surface area contributed by atoms with Gasteiger partial charge in [0.2, 0.25) is 0 Å². The Morgan fingerprint density at radius 1 is 1.28 bits per heavy atom. The van der Waals surface area contributed by atoms with Crippen molar-refractivity contribution in [2.24, 2.45) is 5.92 Å². The normalized spacial score (nSPS) is 14.8. The van der Waals surface area contributed by atoms with Gasteiger partial charge in [0, 0.05) is 29.7 Å². The van der Waals surface area contributed by atoms with Crippen LogP contribution in [0.25, 0.3) is 10.9 Å². The molecule has 0 amide bonds. The van der Waals surface area contributed by atoms with Gasteiger partial charge in [-0.2, -0.15) is 0 Å². The number of para-hydroxylation sites is 1. The van der Waals surface area contributed by atoms with Crippen LogP contribution in [0.2, 0.25) is 0 Å². The molecule has 0 aliphatic carbocycles. The molecular weight excluding hydrogens is 227 g/mol.